The molecule has 0 bridgehead atoms. The monoisotopic (exact) mass is 394 g/mol. The van der Waals surface area contributed by atoms with Gasteiger partial charge in [0.2, 0.25) is 15.9 Å². The van der Waals surface area contributed by atoms with Crippen LogP contribution >= 0.6 is 11.6 Å². The summed E-state index contributed by atoms with van der Waals surface area (Å²) in [6.07, 6.45) is 1.04. The minimum Gasteiger partial charge on any atom is -0.325 e. The average Bonchev–Trinajstić information content (AvgIpc) is 2.55. The lowest BCUT2D eigenvalue weighted by Crippen LogP contribution is -2.37. The number of sulfonamides is 1. The van der Waals surface area contributed by atoms with E-state index in [9.17, 15) is 18.0 Å². The molecule has 0 saturated heterocycles. The number of halogens is 1. The molecule has 138 valence electrons. The fraction of sp³-hybridized carbons (Fsp3) is 0.222. The normalized spacial score (nSPS) is 11.4. The zero-order valence-corrected chi connectivity index (χ0v) is 16.0. The van der Waals surface area contributed by atoms with Crippen molar-refractivity contribution >= 4 is 39.0 Å². The van der Waals surface area contributed by atoms with Gasteiger partial charge in [0.15, 0.2) is 5.78 Å². The van der Waals surface area contributed by atoms with E-state index >= 15 is 0 Å². The molecule has 2 rings (SSSR count). The molecule has 1 N–H and O–H groups in total. The van der Waals surface area contributed by atoms with E-state index in [4.69, 9.17) is 11.6 Å². The molecule has 0 fully saturated rings. The number of rotatable bonds is 7. The summed E-state index contributed by atoms with van der Waals surface area (Å²) in [5.41, 5.74) is 1.48. The summed E-state index contributed by atoms with van der Waals surface area (Å²) >= 11 is 6.08. The van der Waals surface area contributed by atoms with Crippen molar-refractivity contribution in [3.8, 4) is 0 Å². The van der Waals surface area contributed by atoms with Gasteiger partial charge in [-0.25, -0.2) is 8.42 Å². The van der Waals surface area contributed by atoms with Crippen molar-refractivity contribution in [3.05, 3.63) is 64.7 Å². The Balaban J connectivity index is 2.13. The Morgan fingerprint density at radius 2 is 1.81 bits per heavy atom. The van der Waals surface area contributed by atoms with Gasteiger partial charge in [0.05, 0.1) is 12.8 Å². The van der Waals surface area contributed by atoms with E-state index in [0.717, 1.165) is 10.6 Å². The van der Waals surface area contributed by atoms with E-state index in [2.05, 4.69) is 5.32 Å². The predicted molar refractivity (Wildman–Crippen MR) is 102 cm³/mol. The van der Waals surface area contributed by atoms with Crippen LogP contribution in [-0.2, 0) is 21.4 Å². The van der Waals surface area contributed by atoms with E-state index in [0.29, 0.717) is 21.8 Å². The first-order valence-electron chi connectivity index (χ1n) is 7.76. The first kappa shape index (κ1) is 20.1. The summed E-state index contributed by atoms with van der Waals surface area (Å²) in [5, 5.41) is 3.04. The zero-order valence-electron chi connectivity index (χ0n) is 14.4. The Labute approximate surface area is 157 Å². The number of carbonyl (C=O) groups excluding carboxylic acids is 2. The Kier molecular flexibility index (Phi) is 6.52. The number of ketones is 1. The number of nitrogens with zero attached hydrogens (tertiary/aromatic N) is 1. The fourth-order valence-electron chi connectivity index (χ4n) is 2.28. The Morgan fingerprint density at radius 1 is 1.12 bits per heavy atom. The number of hydrogen-bond donors (Lipinski definition) is 1. The summed E-state index contributed by atoms with van der Waals surface area (Å²) in [4.78, 5) is 23.7. The van der Waals surface area contributed by atoms with Crippen LogP contribution in [0.15, 0.2) is 48.5 Å². The van der Waals surface area contributed by atoms with Crippen LogP contribution in [0.1, 0.15) is 22.8 Å². The highest BCUT2D eigenvalue weighted by Crippen LogP contribution is 2.18. The van der Waals surface area contributed by atoms with Gasteiger partial charge in [0, 0.05) is 22.8 Å². The Hall–Kier alpha value is -2.22. The molecular weight excluding hydrogens is 376 g/mol. The maximum absolute atomic E-state index is 12.3. The van der Waals surface area contributed by atoms with Crippen LogP contribution in [0.25, 0.3) is 0 Å². The number of nitrogens with one attached hydrogen (secondary N) is 1. The molecule has 1 amide bonds. The quantitative estimate of drug-likeness (QED) is 0.732. The molecule has 0 radical (unpaired) electrons. The van der Waals surface area contributed by atoms with Gasteiger partial charge in [-0.05, 0) is 30.7 Å². The molecule has 0 atom stereocenters. The lowest BCUT2D eigenvalue weighted by atomic mass is 10.1. The van der Waals surface area contributed by atoms with Crippen molar-refractivity contribution in [3.63, 3.8) is 0 Å². The highest BCUT2D eigenvalue weighted by molar-refractivity contribution is 7.88. The van der Waals surface area contributed by atoms with Crippen LogP contribution in [0.2, 0.25) is 5.02 Å². The number of amides is 1. The molecule has 6 nitrogen and oxygen atoms in total. The van der Waals surface area contributed by atoms with Crippen LogP contribution in [0.3, 0.4) is 0 Å². The van der Waals surface area contributed by atoms with Crippen LogP contribution in [-0.4, -0.2) is 37.2 Å². The minimum atomic E-state index is -3.63. The summed E-state index contributed by atoms with van der Waals surface area (Å²) in [7, 11) is -3.63. The van der Waals surface area contributed by atoms with Crippen LogP contribution in [0.5, 0.6) is 0 Å². The van der Waals surface area contributed by atoms with E-state index in [-0.39, 0.29) is 18.9 Å². The smallest absolute Gasteiger partial charge is 0.239 e. The molecule has 2 aromatic carbocycles. The highest BCUT2D eigenvalue weighted by Gasteiger charge is 2.21. The van der Waals surface area contributed by atoms with Crippen LogP contribution in [0, 0.1) is 0 Å². The standard InChI is InChI=1S/C18H19ClN2O4S/c1-13(22)14-7-5-8-16(10-14)20-18(23)12-21(26(2,24)25)11-15-6-3-4-9-17(15)19/h3-10H,11-12H2,1-2H3,(H,20,23). The van der Waals surface area contributed by atoms with Gasteiger partial charge in [-0.2, -0.15) is 4.31 Å². The largest absolute Gasteiger partial charge is 0.325 e. The lowest BCUT2D eigenvalue weighted by Gasteiger charge is -2.20. The number of benzene rings is 2. The Morgan fingerprint density at radius 3 is 2.42 bits per heavy atom. The van der Waals surface area contributed by atoms with Crippen molar-refractivity contribution in [2.45, 2.75) is 13.5 Å². The second-order valence-corrected chi connectivity index (χ2v) is 8.20. The molecule has 0 aliphatic heterocycles. The van der Waals surface area contributed by atoms with E-state index in [1.54, 1.807) is 48.5 Å². The molecule has 0 aliphatic carbocycles. The summed E-state index contributed by atoms with van der Waals surface area (Å²) in [6.45, 7) is 1.05. The maximum atomic E-state index is 12.3. The third kappa shape index (κ3) is 5.66. The molecule has 0 heterocycles. The second-order valence-electron chi connectivity index (χ2n) is 5.81. The molecule has 0 unspecified atom stereocenters. The van der Waals surface area contributed by atoms with Gasteiger partial charge >= 0.3 is 0 Å². The van der Waals surface area contributed by atoms with Gasteiger partial charge in [-0.1, -0.05) is 41.9 Å². The molecule has 0 saturated carbocycles. The van der Waals surface area contributed by atoms with Crippen molar-refractivity contribution in [1.82, 2.24) is 4.31 Å². The molecular formula is C18H19ClN2O4S. The summed E-state index contributed by atoms with van der Waals surface area (Å²) in [6, 6.07) is 13.3. The number of Topliss-reactive ketones (excluding diaryl/α,β-unsaturated/α-hetero) is 1. The fourth-order valence-corrected chi connectivity index (χ4v) is 3.20. The average molecular weight is 395 g/mol. The SMILES string of the molecule is CC(=O)c1cccc(NC(=O)CN(Cc2ccccc2Cl)S(C)(=O)=O)c1. The van der Waals surface area contributed by atoms with Crippen molar-refractivity contribution in [2.24, 2.45) is 0 Å². The zero-order chi connectivity index (χ0) is 19.3. The van der Waals surface area contributed by atoms with Gasteiger partial charge in [-0.3, -0.25) is 9.59 Å². The van der Waals surface area contributed by atoms with Crippen LogP contribution in [0.4, 0.5) is 5.69 Å². The van der Waals surface area contributed by atoms with Crippen molar-refractivity contribution in [2.75, 3.05) is 18.1 Å². The lowest BCUT2D eigenvalue weighted by molar-refractivity contribution is -0.116. The first-order chi connectivity index (χ1) is 12.2. The molecule has 8 heteroatoms. The van der Waals surface area contributed by atoms with Crippen molar-refractivity contribution < 1.29 is 18.0 Å². The Bertz CT molecular complexity index is 928. The third-order valence-electron chi connectivity index (χ3n) is 3.65. The summed E-state index contributed by atoms with van der Waals surface area (Å²) < 4.78 is 25.1. The topological polar surface area (TPSA) is 83.6 Å². The van der Waals surface area contributed by atoms with Gasteiger partial charge < -0.3 is 5.32 Å². The van der Waals surface area contributed by atoms with Gasteiger partial charge in [0.25, 0.3) is 0 Å². The maximum Gasteiger partial charge on any atom is 0.239 e. The number of carbonyl (C=O) groups is 2. The van der Waals surface area contributed by atoms with E-state index < -0.39 is 15.9 Å². The number of anilines is 1. The molecule has 0 spiro atoms. The van der Waals surface area contributed by atoms with Crippen molar-refractivity contribution in [1.29, 1.82) is 0 Å². The predicted octanol–water partition coefficient (Wildman–Crippen LogP) is 2.94. The van der Waals surface area contributed by atoms with Gasteiger partial charge in [-0.15, -0.1) is 0 Å². The number of hydrogen-bond acceptors (Lipinski definition) is 4. The van der Waals surface area contributed by atoms with Gasteiger partial charge in [0.1, 0.15) is 0 Å². The summed E-state index contributed by atoms with van der Waals surface area (Å²) in [5.74, 6) is -0.638. The van der Waals surface area contributed by atoms with E-state index in [1.165, 1.54) is 6.92 Å². The first-order valence-corrected chi connectivity index (χ1v) is 9.99. The molecule has 0 aromatic heterocycles. The van der Waals surface area contributed by atoms with Crippen LogP contribution < -0.4 is 5.32 Å². The molecule has 0 aliphatic rings. The minimum absolute atomic E-state index is 0.0145. The van der Waals surface area contributed by atoms with E-state index in [1.807, 2.05) is 0 Å². The third-order valence-corrected chi connectivity index (χ3v) is 5.21. The molecule has 26 heavy (non-hydrogen) atoms. The second kappa shape index (κ2) is 8.44. The highest BCUT2D eigenvalue weighted by atomic mass is 35.5. The molecule has 2 aromatic rings.